The van der Waals surface area contributed by atoms with E-state index < -0.39 is 0 Å². The number of para-hydroxylation sites is 2. The van der Waals surface area contributed by atoms with Gasteiger partial charge in [-0.05, 0) is 19.1 Å². The Morgan fingerprint density at radius 1 is 0.950 bits per heavy atom. The number of hydrogen-bond donors (Lipinski definition) is 0. The van der Waals surface area contributed by atoms with Gasteiger partial charge in [-0.3, -0.25) is 0 Å². The van der Waals surface area contributed by atoms with Crippen LogP contribution in [0.25, 0.3) is 21.9 Å². The molecule has 1 aliphatic rings. The largest absolute Gasteiger partial charge is 0.454 e. The van der Waals surface area contributed by atoms with Crippen LogP contribution in [0.1, 0.15) is 6.92 Å². The molecule has 0 spiro atoms. The maximum Gasteiger partial charge on any atom is 0.159 e. The number of rotatable bonds is 1. The summed E-state index contributed by atoms with van der Waals surface area (Å²) < 4.78 is 6.09. The molecule has 0 saturated carbocycles. The predicted molar refractivity (Wildman–Crippen MR) is 82.6 cm³/mol. The molecule has 3 heteroatoms. The molecule has 3 nitrogen and oxygen atoms in total. The summed E-state index contributed by atoms with van der Waals surface area (Å²) in [5, 5.41) is 2.35. The van der Waals surface area contributed by atoms with Gasteiger partial charge in [0.25, 0.3) is 0 Å². The number of anilines is 1. The summed E-state index contributed by atoms with van der Waals surface area (Å²) in [6, 6.07) is 14.5. The molecule has 2 heterocycles. The fraction of sp³-hybridized carbons (Fsp3) is 0.176. The third kappa shape index (κ3) is 1.46. The molecule has 0 aliphatic carbocycles. The fourth-order valence-electron chi connectivity index (χ4n) is 2.84. The van der Waals surface area contributed by atoms with E-state index >= 15 is 0 Å². The van der Waals surface area contributed by atoms with Crippen molar-refractivity contribution in [2.24, 2.45) is 0 Å². The zero-order valence-electron chi connectivity index (χ0n) is 11.6. The minimum atomic E-state index is 0.300. The van der Waals surface area contributed by atoms with Gasteiger partial charge in [0.15, 0.2) is 5.58 Å². The van der Waals surface area contributed by atoms with Gasteiger partial charge in [-0.25, -0.2) is 0 Å². The lowest BCUT2D eigenvalue weighted by Gasteiger charge is -2.26. The molecular formula is C17H16N2O. The minimum Gasteiger partial charge on any atom is -0.454 e. The normalized spacial score (nSPS) is 18.6. The Balaban J connectivity index is 1.99. The van der Waals surface area contributed by atoms with Gasteiger partial charge in [0, 0.05) is 30.2 Å². The number of benzene rings is 2. The summed E-state index contributed by atoms with van der Waals surface area (Å²) in [5.74, 6) is 0. The van der Waals surface area contributed by atoms with Crippen molar-refractivity contribution in [1.82, 2.24) is 4.90 Å². The maximum absolute atomic E-state index is 6.09. The Bertz CT molecular complexity index is 818. The third-order valence-corrected chi connectivity index (χ3v) is 4.12. The maximum atomic E-state index is 6.09. The van der Waals surface area contributed by atoms with Crippen LogP contribution in [0.2, 0.25) is 0 Å². The molecule has 0 radical (unpaired) electrons. The molecule has 0 saturated heterocycles. The molecule has 3 aromatic rings. The van der Waals surface area contributed by atoms with Gasteiger partial charge in [0.1, 0.15) is 11.7 Å². The number of nitrogens with zero attached hydrogens (tertiary/aromatic N) is 2. The van der Waals surface area contributed by atoms with Crippen LogP contribution >= 0.6 is 0 Å². The van der Waals surface area contributed by atoms with E-state index in [1.54, 1.807) is 0 Å². The summed E-state index contributed by atoms with van der Waals surface area (Å²) in [5.41, 5.74) is 3.02. The molecule has 0 amide bonds. The molecule has 20 heavy (non-hydrogen) atoms. The second-order valence-corrected chi connectivity index (χ2v) is 5.25. The van der Waals surface area contributed by atoms with Crippen molar-refractivity contribution in [1.29, 1.82) is 0 Å². The molecule has 100 valence electrons. The molecule has 4 rings (SSSR count). The highest BCUT2D eigenvalue weighted by Gasteiger charge is 2.23. The quantitative estimate of drug-likeness (QED) is 0.658. The molecule has 1 aliphatic heterocycles. The summed E-state index contributed by atoms with van der Waals surface area (Å²) >= 11 is 0. The van der Waals surface area contributed by atoms with E-state index in [1.807, 2.05) is 12.1 Å². The van der Waals surface area contributed by atoms with Gasteiger partial charge < -0.3 is 14.2 Å². The van der Waals surface area contributed by atoms with Crippen LogP contribution in [0, 0.1) is 0 Å². The van der Waals surface area contributed by atoms with Crippen LogP contribution in [-0.2, 0) is 0 Å². The molecule has 0 N–H and O–H groups in total. The van der Waals surface area contributed by atoms with E-state index in [-0.39, 0.29) is 0 Å². The van der Waals surface area contributed by atoms with Crippen molar-refractivity contribution in [3.05, 3.63) is 54.9 Å². The van der Waals surface area contributed by atoms with Crippen molar-refractivity contribution < 1.29 is 4.42 Å². The lowest BCUT2D eigenvalue weighted by molar-refractivity contribution is 0.383. The summed E-state index contributed by atoms with van der Waals surface area (Å²) in [7, 11) is 2.08. The summed E-state index contributed by atoms with van der Waals surface area (Å²) in [6.45, 7) is 2.18. The number of furan rings is 1. The van der Waals surface area contributed by atoms with Crippen molar-refractivity contribution in [2.45, 2.75) is 13.1 Å². The van der Waals surface area contributed by atoms with Crippen molar-refractivity contribution in [2.75, 3.05) is 11.9 Å². The SMILES string of the molecule is C[C@H]1N(C)C=CN1c1cccc2c1oc1ccccc12. The lowest BCUT2D eigenvalue weighted by atomic mass is 10.1. The molecule has 1 aromatic heterocycles. The first-order valence-corrected chi connectivity index (χ1v) is 6.84. The second kappa shape index (κ2) is 4.04. The molecule has 0 bridgehead atoms. The van der Waals surface area contributed by atoms with Gasteiger partial charge in [0.2, 0.25) is 0 Å². The van der Waals surface area contributed by atoms with E-state index in [1.165, 1.54) is 10.8 Å². The average molecular weight is 264 g/mol. The van der Waals surface area contributed by atoms with Gasteiger partial charge >= 0.3 is 0 Å². The Morgan fingerprint density at radius 2 is 1.75 bits per heavy atom. The Kier molecular flexibility index (Phi) is 2.30. The first-order chi connectivity index (χ1) is 9.75. The van der Waals surface area contributed by atoms with E-state index in [0.717, 1.165) is 16.9 Å². The van der Waals surface area contributed by atoms with Crippen molar-refractivity contribution in [3.63, 3.8) is 0 Å². The third-order valence-electron chi connectivity index (χ3n) is 4.12. The molecule has 0 fully saturated rings. The first-order valence-electron chi connectivity index (χ1n) is 6.84. The van der Waals surface area contributed by atoms with Crippen LogP contribution < -0.4 is 4.90 Å². The molecular weight excluding hydrogens is 248 g/mol. The highest BCUT2D eigenvalue weighted by molar-refractivity contribution is 6.09. The zero-order chi connectivity index (χ0) is 13.7. The van der Waals surface area contributed by atoms with Crippen LogP contribution in [0.3, 0.4) is 0 Å². The van der Waals surface area contributed by atoms with Crippen LogP contribution in [0.15, 0.2) is 59.3 Å². The summed E-state index contributed by atoms with van der Waals surface area (Å²) in [6.07, 6.45) is 4.49. The number of hydrogen-bond acceptors (Lipinski definition) is 3. The Labute approximate surface area is 117 Å². The monoisotopic (exact) mass is 264 g/mol. The Hall–Kier alpha value is -2.42. The summed E-state index contributed by atoms with van der Waals surface area (Å²) in [4.78, 5) is 4.42. The second-order valence-electron chi connectivity index (χ2n) is 5.25. The van der Waals surface area contributed by atoms with E-state index in [0.29, 0.717) is 6.17 Å². The highest BCUT2D eigenvalue weighted by Crippen LogP contribution is 2.36. The smallest absolute Gasteiger partial charge is 0.159 e. The van der Waals surface area contributed by atoms with Gasteiger partial charge in [-0.1, -0.05) is 30.3 Å². The van der Waals surface area contributed by atoms with Gasteiger partial charge in [0.05, 0.1) is 5.69 Å². The Morgan fingerprint density at radius 3 is 2.55 bits per heavy atom. The number of fused-ring (bicyclic) bond motifs is 3. The van der Waals surface area contributed by atoms with E-state index in [4.69, 9.17) is 4.42 Å². The molecule has 2 aromatic carbocycles. The topological polar surface area (TPSA) is 19.6 Å². The van der Waals surface area contributed by atoms with Gasteiger partial charge in [-0.2, -0.15) is 0 Å². The van der Waals surface area contributed by atoms with E-state index in [9.17, 15) is 0 Å². The lowest BCUT2D eigenvalue weighted by Crippen LogP contribution is -2.33. The zero-order valence-corrected chi connectivity index (χ0v) is 11.6. The van der Waals surface area contributed by atoms with Crippen LogP contribution in [-0.4, -0.2) is 18.1 Å². The predicted octanol–water partition coefficient (Wildman–Crippen LogP) is 4.16. The first kappa shape index (κ1) is 11.4. The standard InChI is InChI=1S/C17H16N2O/c1-12-18(2)10-11-19(12)15-8-5-7-14-13-6-3-4-9-16(13)20-17(14)15/h3-12H,1-2H3/t12-/m0/s1. The van der Waals surface area contributed by atoms with Crippen molar-refractivity contribution >= 4 is 27.6 Å². The molecule has 1 atom stereocenters. The fourth-order valence-corrected chi connectivity index (χ4v) is 2.84. The average Bonchev–Trinajstić information content (AvgIpc) is 3.01. The highest BCUT2D eigenvalue weighted by atomic mass is 16.3. The minimum absolute atomic E-state index is 0.300. The molecule has 0 unspecified atom stereocenters. The van der Waals surface area contributed by atoms with Crippen LogP contribution in [0.4, 0.5) is 5.69 Å². The van der Waals surface area contributed by atoms with E-state index in [2.05, 4.69) is 66.5 Å². The van der Waals surface area contributed by atoms with Crippen molar-refractivity contribution in [3.8, 4) is 0 Å². The van der Waals surface area contributed by atoms with Gasteiger partial charge in [-0.15, -0.1) is 0 Å². The van der Waals surface area contributed by atoms with Crippen LogP contribution in [0.5, 0.6) is 0 Å².